The number of anilines is 1. The molecule has 2 atom stereocenters. The fourth-order valence-corrected chi connectivity index (χ4v) is 2.99. The summed E-state index contributed by atoms with van der Waals surface area (Å²) >= 11 is 0. The number of benzene rings is 2. The van der Waals surface area contributed by atoms with E-state index in [4.69, 9.17) is 0 Å². The van der Waals surface area contributed by atoms with Crippen LogP contribution in [0.4, 0.5) is 5.69 Å². The Bertz CT molecular complexity index is 695. The number of hydrogen-bond acceptors (Lipinski definition) is 3. The summed E-state index contributed by atoms with van der Waals surface area (Å²) in [6.07, 6.45) is 0.235. The number of fused-ring (bicyclic) bond motifs is 1. The summed E-state index contributed by atoms with van der Waals surface area (Å²) in [4.78, 5) is 12.0. The zero-order valence-electron chi connectivity index (χ0n) is 13.4. The molecule has 0 heterocycles. The van der Waals surface area contributed by atoms with Gasteiger partial charge in [-0.1, -0.05) is 24.3 Å². The lowest BCUT2D eigenvalue weighted by Gasteiger charge is -2.19. The van der Waals surface area contributed by atoms with Gasteiger partial charge in [-0.15, -0.1) is 0 Å². The molecule has 2 aromatic carbocycles. The molecule has 0 bridgehead atoms. The highest BCUT2D eigenvalue weighted by Gasteiger charge is 2.30. The van der Waals surface area contributed by atoms with Crippen LogP contribution in [0.2, 0.25) is 0 Å². The first kappa shape index (κ1) is 15.6. The number of rotatable bonds is 4. The van der Waals surface area contributed by atoms with Gasteiger partial charge < -0.3 is 15.7 Å². The fraction of sp³-hybridized carbons (Fsp3) is 0.316. The van der Waals surface area contributed by atoms with E-state index < -0.39 is 6.10 Å². The average molecular weight is 310 g/mol. The number of aliphatic hydroxyl groups excluding tert-OH is 1. The Morgan fingerprint density at radius 3 is 2.52 bits per heavy atom. The molecule has 0 spiro atoms. The highest BCUT2D eigenvalue weighted by molar-refractivity contribution is 5.94. The number of carbonyl (C=O) groups excluding carboxylic acids is 1. The Morgan fingerprint density at radius 2 is 1.83 bits per heavy atom. The predicted octanol–water partition coefficient (Wildman–Crippen LogP) is 2.90. The lowest BCUT2D eigenvalue weighted by molar-refractivity contribution is 0.0943. The molecule has 0 radical (unpaired) electrons. The molecule has 1 aliphatic rings. The van der Waals surface area contributed by atoms with Crippen molar-refractivity contribution in [1.82, 2.24) is 5.32 Å². The first-order valence-corrected chi connectivity index (χ1v) is 7.98. The molecular formula is C19H22N2O2. The van der Waals surface area contributed by atoms with E-state index in [1.54, 1.807) is 12.1 Å². The summed E-state index contributed by atoms with van der Waals surface area (Å²) in [6, 6.07) is 15.5. The summed E-state index contributed by atoms with van der Waals surface area (Å²) in [5, 5.41) is 16.5. The molecular weight excluding hydrogens is 288 g/mol. The van der Waals surface area contributed by atoms with Crippen LogP contribution in [0.5, 0.6) is 0 Å². The molecule has 3 rings (SSSR count). The molecule has 4 heteroatoms. The van der Waals surface area contributed by atoms with E-state index in [1.807, 2.05) is 44.2 Å². The van der Waals surface area contributed by atoms with Crippen LogP contribution in [0.3, 0.4) is 0 Å². The number of aliphatic hydroxyl groups is 1. The fourth-order valence-electron chi connectivity index (χ4n) is 2.99. The second-order valence-electron chi connectivity index (χ2n) is 6.30. The van der Waals surface area contributed by atoms with Crippen LogP contribution >= 0.6 is 0 Å². The van der Waals surface area contributed by atoms with Gasteiger partial charge in [0.2, 0.25) is 0 Å². The van der Waals surface area contributed by atoms with Crippen molar-refractivity contribution >= 4 is 11.6 Å². The predicted molar refractivity (Wildman–Crippen MR) is 91.6 cm³/mol. The van der Waals surface area contributed by atoms with E-state index in [0.717, 1.165) is 11.3 Å². The van der Waals surface area contributed by atoms with Crippen LogP contribution in [-0.4, -0.2) is 23.2 Å². The maximum Gasteiger partial charge on any atom is 0.251 e. The summed E-state index contributed by atoms with van der Waals surface area (Å²) in [6.45, 7) is 3.87. The van der Waals surface area contributed by atoms with Crippen molar-refractivity contribution in [2.45, 2.75) is 38.5 Å². The lowest BCUT2D eigenvalue weighted by Crippen LogP contribution is -2.30. The molecule has 120 valence electrons. The van der Waals surface area contributed by atoms with Crippen molar-refractivity contribution in [1.29, 1.82) is 0 Å². The molecule has 0 aliphatic heterocycles. The third-order valence-electron chi connectivity index (χ3n) is 4.09. The standard InChI is InChI=1S/C19H22N2O2/c1-12(2)20-19(23)13-7-9-15(10-8-13)21-18-16-6-4-3-5-14(16)11-17(18)22/h3-10,12,17-18,21-22H,11H2,1-2H3,(H,20,23). The zero-order valence-corrected chi connectivity index (χ0v) is 13.4. The number of nitrogens with one attached hydrogen (secondary N) is 2. The smallest absolute Gasteiger partial charge is 0.251 e. The van der Waals surface area contributed by atoms with Crippen LogP contribution in [-0.2, 0) is 6.42 Å². The average Bonchev–Trinajstić information content (AvgIpc) is 2.83. The molecule has 0 aromatic heterocycles. The molecule has 2 unspecified atom stereocenters. The number of hydrogen-bond donors (Lipinski definition) is 3. The van der Waals surface area contributed by atoms with Crippen molar-refractivity contribution in [2.24, 2.45) is 0 Å². The van der Waals surface area contributed by atoms with E-state index in [9.17, 15) is 9.90 Å². The van der Waals surface area contributed by atoms with Crippen molar-refractivity contribution in [3.63, 3.8) is 0 Å². The van der Waals surface area contributed by atoms with Gasteiger partial charge in [0.1, 0.15) is 0 Å². The van der Waals surface area contributed by atoms with Gasteiger partial charge in [-0.2, -0.15) is 0 Å². The maximum atomic E-state index is 12.0. The highest BCUT2D eigenvalue weighted by atomic mass is 16.3. The SMILES string of the molecule is CC(C)NC(=O)c1ccc(NC2c3ccccc3CC2O)cc1. The second-order valence-corrected chi connectivity index (χ2v) is 6.30. The van der Waals surface area contributed by atoms with Crippen molar-refractivity contribution < 1.29 is 9.90 Å². The molecule has 4 nitrogen and oxygen atoms in total. The molecule has 2 aromatic rings. The molecule has 0 fully saturated rings. The molecule has 0 saturated carbocycles. The third-order valence-corrected chi connectivity index (χ3v) is 4.09. The van der Waals surface area contributed by atoms with E-state index in [2.05, 4.69) is 16.7 Å². The summed E-state index contributed by atoms with van der Waals surface area (Å²) in [5.41, 5.74) is 3.86. The van der Waals surface area contributed by atoms with Crippen LogP contribution in [0, 0.1) is 0 Å². The summed E-state index contributed by atoms with van der Waals surface area (Å²) in [5.74, 6) is -0.0715. The first-order chi connectivity index (χ1) is 11.0. The van der Waals surface area contributed by atoms with Gasteiger partial charge in [0.15, 0.2) is 0 Å². The molecule has 3 N–H and O–H groups in total. The van der Waals surface area contributed by atoms with E-state index in [0.29, 0.717) is 12.0 Å². The van der Waals surface area contributed by atoms with Gasteiger partial charge in [-0.3, -0.25) is 4.79 Å². The number of carbonyl (C=O) groups is 1. The summed E-state index contributed by atoms with van der Waals surface area (Å²) < 4.78 is 0. The Morgan fingerprint density at radius 1 is 1.13 bits per heavy atom. The van der Waals surface area contributed by atoms with Gasteiger partial charge >= 0.3 is 0 Å². The molecule has 0 saturated heterocycles. The van der Waals surface area contributed by atoms with Crippen LogP contribution < -0.4 is 10.6 Å². The van der Waals surface area contributed by atoms with Gasteiger partial charge in [0, 0.05) is 23.7 Å². The van der Waals surface area contributed by atoms with E-state index in [-0.39, 0.29) is 18.0 Å². The quantitative estimate of drug-likeness (QED) is 0.814. The van der Waals surface area contributed by atoms with Crippen LogP contribution in [0.1, 0.15) is 41.4 Å². The molecule has 1 aliphatic carbocycles. The number of amides is 1. The second kappa shape index (κ2) is 6.42. The topological polar surface area (TPSA) is 61.4 Å². The molecule has 1 amide bonds. The van der Waals surface area contributed by atoms with Crippen molar-refractivity contribution in [3.8, 4) is 0 Å². The monoisotopic (exact) mass is 310 g/mol. The largest absolute Gasteiger partial charge is 0.390 e. The highest BCUT2D eigenvalue weighted by Crippen LogP contribution is 2.34. The zero-order chi connectivity index (χ0) is 16.4. The van der Waals surface area contributed by atoms with Gasteiger partial charge in [-0.05, 0) is 49.2 Å². The summed E-state index contributed by atoms with van der Waals surface area (Å²) in [7, 11) is 0. The van der Waals surface area contributed by atoms with Gasteiger partial charge in [0.05, 0.1) is 12.1 Å². The minimum absolute atomic E-state index is 0.0715. The molecule has 23 heavy (non-hydrogen) atoms. The Balaban J connectivity index is 1.73. The lowest BCUT2D eigenvalue weighted by atomic mass is 10.1. The third kappa shape index (κ3) is 3.37. The van der Waals surface area contributed by atoms with Crippen LogP contribution in [0.25, 0.3) is 0 Å². The Hall–Kier alpha value is -2.33. The first-order valence-electron chi connectivity index (χ1n) is 7.98. The van der Waals surface area contributed by atoms with Gasteiger partial charge in [-0.25, -0.2) is 0 Å². The Kier molecular flexibility index (Phi) is 4.35. The van der Waals surface area contributed by atoms with Crippen molar-refractivity contribution in [3.05, 3.63) is 65.2 Å². The van der Waals surface area contributed by atoms with E-state index in [1.165, 1.54) is 5.56 Å². The van der Waals surface area contributed by atoms with Crippen molar-refractivity contribution in [2.75, 3.05) is 5.32 Å². The normalized spacial score (nSPS) is 19.5. The van der Waals surface area contributed by atoms with Gasteiger partial charge in [0.25, 0.3) is 5.91 Å². The van der Waals surface area contributed by atoms with E-state index >= 15 is 0 Å². The van der Waals surface area contributed by atoms with Crippen LogP contribution in [0.15, 0.2) is 48.5 Å². The minimum atomic E-state index is -0.434. The maximum absolute atomic E-state index is 12.0. The minimum Gasteiger partial charge on any atom is -0.390 e. The Labute approximate surface area is 136 Å².